The van der Waals surface area contributed by atoms with Crippen molar-refractivity contribution < 1.29 is 72.4 Å². The second-order valence-electron chi connectivity index (χ2n) is 28.5. The van der Waals surface area contributed by atoms with Crippen molar-refractivity contribution in [2.24, 2.45) is 57.9 Å². The summed E-state index contributed by atoms with van der Waals surface area (Å²) < 4.78 is 58.4. The quantitative estimate of drug-likeness (QED) is 0.0151. The van der Waals surface area contributed by atoms with Gasteiger partial charge in [0.05, 0.1) is 33.2 Å². The maximum absolute atomic E-state index is 14.5. The summed E-state index contributed by atoms with van der Waals surface area (Å²) in [6, 6.07) is 50.9. The third-order valence-corrected chi connectivity index (χ3v) is 24.2. The van der Waals surface area contributed by atoms with Crippen LogP contribution in [0.3, 0.4) is 0 Å². The van der Waals surface area contributed by atoms with Gasteiger partial charge in [0, 0.05) is 54.5 Å². The molecule has 3 fully saturated rings. The van der Waals surface area contributed by atoms with Gasteiger partial charge in [-0.3, -0.25) is 0 Å². The van der Waals surface area contributed by atoms with Crippen molar-refractivity contribution in [3.63, 3.8) is 0 Å². The number of fused-ring (bicyclic) bond motifs is 10. The Morgan fingerprint density at radius 1 is 0.840 bits per heavy atom. The van der Waals surface area contributed by atoms with Gasteiger partial charge in [0.25, 0.3) is 0 Å². The SMILES string of the molecule is CNCc1cc(CC(O)c2ccc(C3CCC4CCC(C5(N=C(N)N)Oc6ccc7c(c6)CCC(C)C7CC(S(=O)(=O)[O-])C6C=C7CC(CC8CC(CO)CC#Cc9cc(O)ccc9C7O8)C6c6ccc5cc6)C(Cc5ccccc5)C4(O)C3)cc2)c2ccccc2c1.[Na+]. The van der Waals surface area contributed by atoms with Crippen LogP contribution in [0.15, 0.2) is 168 Å². The second-order valence-corrected chi connectivity index (χ2v) is 30.1. The number of aromatic hydroxyl groups is 1. The molecule has 7 aromatic rings. The van der Waals surface area contributed by atoms with Crippen LogP contribution >= 0.6 is 0 Å². The van der Waals surface area contributed by atoms with E-state index in [1.807, 2.05) is 55.6 Å². The Hall–Kier alpha value is -6.32. The summed E-state index contributed by atoms with van der Waals surface area (Å²) in [6.07, 6.45) is 8.46. The number of phenols is 1. The molecule has 484 valence electrons. The van der Waals surface area contributed by atoms with Crippen LogP contribution in [-0.4, -0.2) is 70.0 Å². The third kappa shape index (κ3) is 13.0. The van der Waals surface area contributed by atoms with E-state index in [-0.39, 0.29) is 95.9 Å². The fourth-order valence-electron chi connectivity index (χ4n) is 18.6. The van der Waals surface area contributed by atoms with Gasteiger partial charge in [0.15, 0.2) is 5.96 Å². The molecule has 0 spiro atoms. The fourth-order valence-corrected chi connectivity index (χ4v) is 19.7. The Morgan fingerprint density at radius 3 is 2.36 bits per heavy atom. The maximum Gasteiger partial charge on any atom is 1.00 e. The van der Waals surface area contributed by atoms with E-state index in [9.17, 15) is 33.4 Å². The van der Waals surface area contributed by atoms with Crippen LogP contribution in [-0.2, 0) is 46.4 Å². The predicted octanol–water partition coefficient (Wildman–Crippen LogP) is 9.55. The van der Waals surface area contributed by atoms with Gasteiger partial charge in [0.2, 0.25) is 5.72 Å². The molecule has 9 N–H and O–H groups in total. The Kier molecular flexibility index (Phi) is 19.3. The standard InChI is InChI=1S/C79H88N4O9S.Na/c1-47-15-16-56-39-64-29-31-67(56)69(47)43-74(93(88,89)90)70-41-60-37-59(40-65-35-49(46-84)11-8-13-55-38-63(85)28-30-68(55)76(60)91-65)75(70)53-21-25-62(26-22-53)79(92-64,83-77(80)81)71-32-27-61-24-23-57(44-78(61,87)72(71)36-48-9-4-3-5-10-48)51-17-19-52(20-18-51)73(86)42-58-34-50(45-82-2)33-54-12-6-7-14-66(54)58;/h3-7,9-10,12,14,17-22,25-26,28-31,33-34,38-39,41,47,49,57,59,61,65,69-76,82,84-87H,11,15-16,23-24,27,32,35-37,40,42-46H2,1-2H3,(H4,80,81,83)(H,88,89,90);/q;+1/p-1. The molecule has 0 radical (unpaired) electrons. The zero-order chi connectivity index (χ0) is 64.3. The molecule has 9 aliphatic rings. The van der Waals surface area contributed by atoms with Crippen LogP contribution in [0.1, 0.15) is 169 Å². The van der Waals surface area contributed by atoms with Crippen LogP contribution < -0.4 is 51.1 Å². The molecule has 5 aliphatic heterocycles. The number of aryl methyl sites for hydroxylation is 1. The normalized spacial score (nSPS) is 30.5. The molecule has 0 amide bonds. The van der Waals surface area contributed by atoms with Gasteiger partial charge < -0.3 is 51.2 Å². The number of rotatable bonds is 12. The van der Waals surface area contributed by atoms with Gasteiger partial charge in [-0.1, -0.05) is 146 Å². The molecule has 16 atom stereocenters. The fraction of sp³-hybridized carbons (Fsp3) is 0.430. The first-order valence-corrected chi connectivity index (χ1v) is 35.4. The van der Waals surface area contributed by atoms with Crippen molar-refractivity contribution >= 4 is 26.9 Å². The molecule has 7 aromatic carbocycles. The van der Waals surface area contributed by atoms with E-state index in [0.29, 0.717) is 81.1 Å². The largest absolute Gasteiger partial charge is 1.00 e. The Morgan fingerprint density at radius 2 is 1.60 bits per heavy atom. The molecule has 4 aliphatic carbocycles. The molecule has 0 aromatic heterocycles. The number of nitrogens with two attached hydrogens (primary N) is 2. The summed E-state index contributed by atoms with van der Waals surface area (Å²) in [4.78, 5) is 5.37. The van der Waals surface area contributed by atoms with Crippen molar-refractivity contribution in [3.05, 3.63) is 225 Å². The average Bonchev–Trinajstić information content (AvgIpc) is 0.905. The minimum Gasteiger partial charge on any atom is -0.748 e. The first-order chi connectivity index (χ1) is 44.9. The molecule has 2 saturated carbocycles. The maximum atomic E-state index is 14.5. The number of hydrogen-bond donors (Lipinski definition) is 7. The third-order valence-electron chi connectivity index (χ3n) is 23.0. The molecule has 13 nitrogen and oxygen atoms in total. The molecule has 16 unspecified atom stereocenters. The summed E-state index contributed by atoms with van der Waals surface area (Å²) in [6.45, 7) is 2.80. The summed E-state index contributed by atoms with van der Waals surface area (Å²) in [5.41, 5.74) is 21.8. The molecule has 5 heterocycles. The number of phenolic OH excluding ortho intramolecular Hbond substituents is 1. The number of aliphatic hydroxyl groups excluding tert-OH is 2. The first kappa shape index (κ1) is 66.3. The van der Waals surface area contributed by atoms with Gasteiger partial charge >= 0.3 is 29.6 Å². The van der Waals surface area contributed by atoms with E-state index in [1.54, 1.807) is 12.1 Å². The minimum atomic E-state index is -4.98. The Bertz CT molecular complexity index is 4150. The number of allylic oxidation sites excluding steroid dienone is 1. The number of benzene rings is 7. The number of hydrogen-bond acceptors (Lipinski definition) is 11. The van der Waals surface area contributed by atoms with Crippen molar-refractivity contribution in [2.75, 3.05) is 13.7 Å². The Balaban J connectivity index is 0.00000803. The summed E-state index contributed by atoms with van der Waals surface area (Å²) in [5.74, 6) is 4.19. The van der Waals surface area contributed by atoms with E-state index in [1.165, 1.54) is 5.56 Å². The molecule has 94 heavy (non-hydrogen) atoms. The van der Waals surface area contributed by atoms with Crippen molar-refractivity contribution in [1.82, 2.24) is 5.32 Å². The van der Waals surface area contributed by atoms with Crippen LogP contribution in [0.4, 0.5) is 0 Å². The van der Waals surface area contributed by atoms with E-state index in [4.69, 9.17) is 25.9 Å². The molecule has 15 heteroatoms. The van der Waals surface area contributed by atoms with E-state index in [2.05, 4.69) is 121 Å². The topological polar surface area (TPSA) is 233 Å². The number of aliphatic hydroxyl groups is 3. The second kappa shape index (κ2) is 27.3. The van der Waals surface area contributed by atoms with E-state index >= 15 is 0 Å². The first-order valence-electron chi connectivity index (χ1n) is 33.9. The molecule has 16 rings (SSSR count). The summed E-state index contributed by atoms with van der Waals surface area (Å²) in [7, 11) is -3.03. The molecular weight excluding hydrogens is 1200 g/mol. The van der Waals surface area contributed by atoms with Crippen molar-refractivity contribution in [3.8, 4) is 23.3 Å². The van der Waals surface area contributed by atoms with Crippen LogP contribution in [0.25, 0.3) is 10.8 Å². The Labute approximate surface area is 575 Å². The number of nitrogens with zero attached hydrogens (tertiary/aromatic N) is 1. The number of ether oxygens (including phenoxy) is 2. The van der Waals surface area contributed by atoms with E-state index < -0.39 is 62.6 Å². The van der Waals surface area contributed by atoms with Gasteiger partial charge in [0.1, 0.15) is 17.6 Å². The average molecular weight is 1290 g/mol. The number of nitrogens with one attached hydrogen (secondary N) is 1. The van der Waals surface area contributed by atoms with Crippen LogP contribution in [0.5, 0.6) is 11.5 Å². The van der Waals surface area contributed by atoms with Crippen molar-refractivity contribution in [1.29, 1.82) is 0 Å². The number of aliphatic imine (C=N–C) groups is 1. The monoisotopic (exact) mass is 1290 g/mol. The van der Waals surface area contributed by atoms with Crippen LogP contribution in [0, 0.1) is 53.3 Å². The predicted molar refractivity (Wildman–Crippen MR) is 362 cm³/mol. The molecule has 1 saturated heterocycles. The van der Waals surface area contributed by atoms with Crippen LogP contribution in [0.2, 0.25) is 0 Å². The van der Waals surface area contributed by atoms with Gasteiger partial charge in [-0.25, -0.2) is 13.4 Å². The van der Waals surface area contributed by atoms with E-state index in [0.717, 1.165) is 86.7 Å². The zero-order valence-corrected chi connectivity index (χ0v) is 57.1. The van der Waals surface area contributed by atoms with Gasteiger partial charge in [-0.15, -0.1) is 0 Å². The summed E-state index contributed by atoms with van der Waals surface area (Å²) >= 11 is 0. The molecular formula is C79H87N4NaO9S. The summed E-state index contributed by atoms with van der Waals surface area (Å²) in [5, 5.41) is 52.0. The zero-order valence-electron chi connectivity index (χ0n) is 54.2. The molecule has 10 bridgehead atoms. The smallest absolute Gasteiger partial charge is 0.748 e. The van der Waals surface area contributed by atoms with Gasteiger partial charge in [-0.2, -0.15) is 0 Å². The van der Waals surface area contributed by atoms with Crippen molar-refractivity contribution in [2.45, 2.75) is 156 Å². The minimum absolute atomic E-state index is 0. The van der Waals surface area contributed by atoms with Gasteiger partial charge in [-0.05, 0) is 223 Å². The number of guanidine groups is 1.